The van der Waals surface area contributed by atoms with Gasteiger partial charge >= 0.3 is 0 Å². The van der Waals surface area contributed by atoms with Crippen LogP contribution in [0.25, 0.3) is 0 Å². The van der Waals surface area contributed by atoms with Crippen LogP contribution in [-0.4, -0.2) is 11.4 Å². The van der Waals surface area contributed by atoms with E-state index in [2.05, 4.69) is 45.3 Å². The molecule has 0 aliphatic heterocycles. The van der Waals surface area contributed by atoms with Gasteiger partial charge in [-0.05, 0) is 58.0 Å². The summed E-state index contributed by atoms with van der Waals surface area (Å²) in [6, 6.07) is 12.1. The topological polar surface area (TPSA) is 27.0 Å². The predicted octanol–water partition coefficient (Wildman–Crippen LogP) is 4.79. The normalized spacial score (nSPS) is 10.7. The molecule has 1 aromatic heterocycles. The molecule has 0 aliphatic rings. The van der Waals surface area contributed by atoms with Crippen molar-refractivity contribution in [3.63, 3.8) is 0 Å². The third-order valence-electron chi connectivity index (χ3n) is 3.09. The first kappa shape index (κ1) is 15.2. The predicted molar refractivity (Wildman–Crippen MR) is 87.6 cm³/mol. The van der Waals surface area contributed by atoms with E-state index in [4.69, 9.17) is 5.26 Å². The summed E-state index contributed by atoms with van der Waals surface area (Å²) in [5.74, 6) is 0. The van der Waals surface area contributed by atoms with Crippen molar-refractivity contribution in [2.24, 2.45) is 0 Å². The highest BCUT2D eigenvalue weighted by Gasteiger charge is 2.09. The molecule has 2 nitrogen and oxygen atoms in total. The Hall–Kier alpha value is -1.15. The van der Waals surface area contributed by atoms with Gasteiger partial charge in [-0.1, -0.05) is 19.1 Å². The van der Waals surface area contributed by atoms with Crippen LogP contribution in [0.2, 0.25) is 0 Å². The van der Waals surface area contributed by atoms with Gasteiger partial charge in [0.2, 0.25) is 0 Å². The minimum absolute atomic E-state index is 0.719. The van der Waals surface area contributed by atoms with E-state index in [1.165, 1.54) is 14.9 Å². The molecule has 1 aromatic carbocycles. The molecule has 20 heavy (non-hydrogen) atoms. The minimum atomic E-state index is 0.719. The van der Waals surface area contributed by atoms with Gasteiger partial charge in [-0.25, -0.2) is 0 Å². The molecule has 0 spiro atoms. The van der Waals surface area contributed by atoms with Gasteiger partial charge < -0.3 is 0 Å². The first-order valence-corrected chi connectivity index (χ1v) is 8.33. The van der Waals surface area contributed by atoms with E-state index < -0.39 is 0 Å². The second kappa shape index (κ2) is 7.58. The summed E-state index contributed by atoms with van der Waals surface area (Å²) in [4.78, 5) is 3.81. The minimum Gasteiger partial charge on any atom is -0.294 e. The number of nitrogens with zero attached hydrogens (tertiary/aromatic N) is 2. The van der Waals surface area contributed by atoms with Crippen LogP contribution in [0.5, 0.6) is 0 Å². The zero-order valence-corrected chi connectivity index (χ0v) is 13.9. The molecule has 2 rings (SSSR count). The first-order chi connectivity index (χ1) is 9.72. The average molecular weight is 349 g/mol. The highest BCUT2D eigenvalue weighted by Crippen LogP contribution is 2.25. The van der Waals surface area contributed by atoms with Crippen molar-refractivity contribution >= 4 is 27.3 Å². The van der Waals surface area contributed by atoms with Gasteiger partial charge in [0.05, 0.1) is 11.6 Å². The number of thiophene rings is 1. The number of benzene rings is 1. The lowest BCUT2D eigenvalue weighted by molar-refractivity contribution is 0.259. The van der Waals surface area contributed by atoms with Crippen LogP contribution in [-0.2, 0) is 13.1 Å². The second-order valence-corrected chi connectivity index (χ2v) is 6.57. The molecule has 0 N–H and O–H groups in total. The van der Waals surface area contributed by atoms with E-state index in [0.29, 0.717) is 0 Å². The standard InChI is InChI=1S/C16H17BrN2S/c1-2-8-19(12-16-15(17)7-9-20-16)11-14-5-3-13(10-18)4-6-14/h3-7,9H,2,8,11-12H2,1H3. The number of rotatable bonds is 6. The Morgan fingerprint density at radius 3 is 2.50 bits per heavy atom. The van der Waals surface area contributed by atoms with Crippen LogP contribution in [0.4, 0.5) is 0 Å². The van der Waals surface area contributed by atoms with E-state index in [1.54, 1.807) is 11.3 Å². The van der Waals surface area contributed by atoms with Gasteiger partial charge in [0.15, 0.2) is 0 Å². The van der Waals surface area contributed by atoms with Crippen molar-refractivity contribution in [3.8, 4) is 6.07 Å². The molecule has 0 bridgehead atoms. The third-order valence-corrected chi connectivity index (χ3v) is 5.00. The third kappa shape index (κ3) is 4.17. The molecule has 4 heteroatoms. The number of hydrogen-bond acceptors (Lipinski definition) is 3. The molecule has 0 unspecified atom stereocenters. The zero-order valence-electron chi connectivity index (χ0n) is 11.5. The van der Waals surface area contributed by atoms with Gasteiger partial charge in [0.25, 0.3) is 0 Å². The maximum absolute atomic E-state index is 8.83. The Morgan fingerprint density at radius 1 is 1.20 bits per heavy atom. The van der Waals surface area contributed by atoms with Crippen LogP contribution in [0, 0.1) is 11.3 Å². The van der Waals surface area contributed by atoms with Crippen LogP contribution in [0.1, 0.15) is 29.3 Å². The van der Waals surface area contributed by atoms with Gasteiger partial charge in [-0.15, -0.1) is 11.3 Å². The van der Waals surface area contributed by atoms with Crippen molar-refractivity contribution in [2.45, 2.75) is 26.4 Å². The van der Waals surface area contributed by atoms with E-state index >= 15 is 0 Å². The van der Waals surface area contributed by atoms with Gasteiger partial charge in [0, 0.05) is 22.4 Å². The maximum atomic E-state index is 8.83. The summed E-state index contributed by atoms with van der Waals surface area (Å²) >= 11 is 5.39. The van der Waals surface area contributed by atoms with Crippen LogP contribution in [0.15, 0.2) is 40.2 Å². The van der Waals surface area contributed by atoms with Crippen molar-refractivity contribution < 1.29 is 0 Å². The maximum Gasteiger partial charge on any atom is 0.0991 e. The van der Waals surface area contributed by atoms with Gasteiger partial charge in [-0.3, -0.25) is 4.90 Å². The molecule has 0 amide bonds. The molecule has 0 aliphatic carbocycles. The van der Waals surface area contributed by atoms with Crippen LogP contribution >= 0.6 is 27.3 Å². The molecule has 2 aromatic rings. The second-order valence-electron chi connectivity index (χ2n) is 4.71. The smallest absolute Gasteiger partial charge is 0.0991 e. The Bertz CT molecular complexity index is 583. The summed E-state index contributed by atoms with van der Waals surface area (Å²) in [5.41, 5.74) is 1.97. The number of nitriles is 1. The zero-order chi connectivity index (χ0) is 14.4. The lowest BCUT2D eigenvalue weighted by Crippen LogP contribution is -2.23. The summed E-state index contributed by atoms with van der Waals surface area (Å²) < 4.78 is 1.20. The quantitative estimate of drug-likeness (QED) is 0.749. The summed E-state index contributed by atoms with van der Waals surface area (Å²) in [5, 5.41) is 10.9. The highest BCUT2D eigenvalue weighted by molar-refractivity contribution is 9.10. The van der Waals surface area contributed by atoms with Crippen molar-refractivity contribution in [2.75, 3.05) is 6.54 Å². The largest absolute Gasteiger partial charge is 0.294 e. The Kier molecular flexibility index (Phi) is 5.78. The summed E-state index contributed by atoms with van der Waals surface area (Å²) in [6.45, 7) is 5.16. The molecule has 0 fully saturated rings. The van der Waals surface area contributed by atoms with Crippen molar-refractivity contribution in [1.82, 2.24) is 4.90 Å². The van der Waals surface area contributed by atoms with E-state index in [0.717, 1.165) is 31.6 Å². The van der Waals surface area contributed by atoms with Crippen LogP contribution < -0.4 is 0 Å². The van der Waals surface area contributed by atoms with Gasteiger partial charge in [-0.2, -0.15) is 5.26 Å². The van der Waals surface area contributed by atoms with Crippen molar-refractivity contribution in [3.05, 3.63) is 56.2 Å². The van der Waals surface area contributed by atoms with E-state index in [9.17, 15) is 0 Å². The Labute approximate surface area is 132 Å². The fraction of sp³-hybridized carbons (Fsp3) is 0.312. The SMILES string of the molecule is CCCN(Cc1ccc(C#N)cc1)Cc1sccc1Br. The lowest BCUT2D eigenvalue weighted by Gasteiger charge is -2.21. The first-order valence-electron chi connectivity index (χ1n) is 6.66. The monoisotopic (exact) mass is 348 g/mol. The lowest BCUT2D eigenvalue weighted by atomic mass is 10.1. The number of halogens is 1. The Morgan fingerprint density at radius 2 is 1.95 bits per heavy atom. The molecule has 104 valence electrons. The fourth-order valence-corrected chi connectivity index (χ4v) is 3.63. The summed E-state index contributed by atoms with van der Waals surface area (Å²) in [7, 11) is 0. The van der Waals surface area contributed by atoms with E-state index in [1.807, 2.05) is 24.3 Å². The molecular formula is C16H17BrN2S. The molecular weight excluding hydrogens is 332 g/mol. The fourth-order valence-electron chi connectivity index (χ4n) is 2.11. The van der Waals surface area contributed by atoms with E-state index in [-0.39, 0.29) is 0 Å². The van der Waals surface area contributed by atoms with Crippen molar-refractivity contribution in [1.29, 1.82) is 5.26 Å². The molecule has 0 saturated carbocycles. The highest BCUT2D eigenvalue weighted by atomic mass is 79.9. The summed E-state index contributed by atoms with van der Waals surface area (Å²) in [6.07, 6.45) is 1.14. The molecule has 0 atom stereocenters. The molecule has 0 saturated heterocycles. The van der Waals surface area contributed by atoms with Crippen LogP contribution in [0.3, 0.4) is 0 Å². The average Bonchev–Trinajstić information content (AvgIpc) is 2.85. The molecule has 0 radical (unpaired) electrons. The number of hydrogen-bond donors (Lipinski definition) is 0. The molecule has 1 heterocycles. The van der Waals surface area contributed by atoms with Gasteiger partial charge in [0.1, 0.15) is 0 Å². The Balaban J connectivity index is 2.05.